The van der Waals surface area contributed by atoms with Crippen LogP contribution in [0.15, 0.2) is 18.2 Å². The molecule has 0 radical (unpaired) electrons. The molecule has 0 aromatic heterocycles. The smallest absolute Gasteiger partial charge is 0.239 e. The average molecular weight is 222 g/mol. The zero-order chi connectivity index (χ0) is 11.5. The van der Waals surface area contributed by atoms with Gasteiger partial charge in [-0.15, -0.1) is 0 Å². The Balaban J connectivity index is 2.26. The first-order chi connectivity index (χ1) is 7.70. The first kappa shape index (κ1) is 10.6. The van der Waals surface area contributed by atoms with E-state index in [0.717, 1.165) is 0 Å². The third kappa shape index (κ3) is 2.03. The van der Waals surface area contributed by atoms with E-state index in [1.54, 1.807) is 4.90 Å². The standard InChI is InChI=1S/C11H11FN2O2/c12-9-5-8(7-15)1-2-10(9)14-4-3-13-11(16)6-14/h1-2,5,7H,3-4,6H2,(H,13,16). The number of carbonyl (C=O) groups is 2. The molecule has 1 fully saturated rings. The summed E-state index contributed by atoms with van der Waals surface area (Å²) in [5.41, 5.74) is 0.656. The van der Waals surface area contributed by atoms with Crippen LogP contribution in [0.1, 0.15) is 10.4 Å². The highest BCUT2D eigenvalue weighted by Crippen LogP contribution is 2.20. The van der Waals surface area contributed by atoms with Crippen LogP contribution in [-0.2, 0) is 4.79 Å². The van der Waals surface area contributed by atoms with Gasteiger partial charge in [0.05, 0.1) is 12.2 Å². The molecule has 0 aliphatic carbocycles. The van der Waals surface area contributed by atoms with Crippen molar-refractivity contribution in [2.24, 2.45) is 0 Å². The number of aldehydes is 1. The van der Waals surface area contributed by atoms with Crippen LogP contribution in [0.5, 0.6) is 0 Å². The van der Waals surface area contributed by atoms with E-state index in [9.17, 15) is 14.0 Å². The molecular formula is C11H11FN2O2. The van der Waals surface area contributed by atoms with Crippen molar-refractivity contribution in [1.29, 1.82) is 0 Å². The van der Waals surface area contributed by atoms with E-state index in [1.807, 2.05) is 0 Å². The van der Waals surface area contributed by atoms with E-state index >= 15 is 0 Å². The Morgan fingerprint density at radius 3 is 2.88 bits per heavy atom. The molecule has 84 valence electrons. The van der Waals surface area contributed by atoms with Crippen molar-refractivity contribution in [2.75, 3.05) is 24.5 Å². The van der Waals surface area contributed by atoms with Gasteiger partial charge in [-0.25, -0.2) is 4.39 Å². The van der Waals surface area contributed by atoms with Crippen LogP contribution in [0.3, 0.4) is 0 Å². The number of benzene rings is 1. The molecule has 5 heteroatoms. The lowest BCUT2D eigenvalue weighted by Gasteiger charge is -2.28. The minimum absolute atomic E-state index is 0.120. The molecule has 1 saturated heterocycles. The molecule has 0 saturated carbocycles. The van der Waals surface area contributed by atoms with Gasteiger partial charge >= 0.3 is 0 Å². The lowest BCUT2D eigenvalue weighted by Crippen LogP contribution is -2.48. The van der Waals surface area contributed by atoms with Crippen molar-refractivity contribution in [3.05, 3.63) is 29.6 Å². The highest BCUT2D eigenvalue weighted by Gasteiger charge is 2.19. The second-order valence-corrected chi connectivity index (χ2v) is 3.60. The molecule has 2 rings (SSSR count). The van der Waals surface area contributed by atoms with Gasteiger partial charge in [-0.2, -0.15) is 0 Å². The summed E-state index contributed by atoms with van der Waals surface area (Å²) in [4.78, 5) is 23.3. The summed E-state index contributed by atoms with van der Waals surface area (Å²) in [6, 6.07) is 4.24. The number of hydrogen-bond donors (Lipinski definition) is 1. The summed E-state index contributed by atoms with van der Waals surface area (Å²) in [7, 11) is 0. The minimum Gasteiger partial charge on any atom is -0.358 e. The van der Waals surface area contributed by atoms with Gasteiger partial charge in [0.25, 0.3) is 0 Å². The van der Waals surface area contributed by atoms with Gasteiger partial charge in [0.15, 0.2) is 0 Å². The van der Waals surface area contributed by atoms with Gasteiger partial charge in [0.2, 0.25) is 5.91 Å². The van der Waals surface area contributed by atoms with Gasteiger partial charge in [0.1, 0.15) is 12.1 Å². The van der Waals surface area contributed by atoms with Crippen LogP contribution in [0, 0.1) is 5.82 Å². The van der Waals surface area contributed by atoms with Crippen molar-refractivity contribution in [3.63, 3.8) is 0 Å². The van der Waals surface area contributed by atoms with E-state index in [2.05, 4.69) is 5.32 Å². The number of rotatable bonds is 2. The minimum atomic E-state index is -0.473. The maximum Gasteiger partial charge on any atom is 0.239 e. The Morgan fingerprint density at radius 1 is 1.44 bits per heavy atom. The zero-order valence-corrected chi connectivity index (χ0v) is 8.57. The predicted molar refractivity (Wildman–Crippen MR) is 57.0 cm³/mol. The predicted octanol–water partition coefficient (Wildman–Crippen LogP) is 0.574. The lowest BCUT2D eigenvalue weighted by atomic mass is 10.2. The first-order valence-corrected chi connectivity index (χ1v) is 4.97. The molecule has 0 unspecified atom stereocenters. The number of amides is 1. The average Bonchev–Trinajstić information content (AvgIpc) is 2.28. The maximum absolute atomic E-state index is 13.6. The number of nitrogens with zero attached hydrogens (tertiary/aromatic N) is 1. The molecule has 1 heterocycles. The van der Waals surface area contributed by atoms with Crippen LogP contribution in [0.4, 0.5) is 10.1 Å². The van der Waals surface area contributed by atoms with Crippen molar-refractivity contribution in [1.82, 2.24) is 5.32 Å². The molecule has 1 N–H and O–H groups in total. The number of piperazine rings is 1. The van der Waals surface area contributed by atoms with E-state index in [1.165, 1.54) is 18.2 Å². The molecule has 4 nitrogen and oxygen atoms in total. The van der Waals surface area contributed by atoms with Gasteiger partial charge in [-0.3, -0.25) is 9.59 Å². The summed E-state index contributed by atoms with van der Waals surface area (Å²) in [5.74, 6) is -0.593. The van der Waals surface area contributed by atoms with Gasteiger partial charge in [-0.05, 0) is 18.2 Å². The third-order valence-corrected chi connectivity index (χ3v) is 2.49. The topological polar surface area (TPSA) is 49.4 Å². The van der Waals surface area contributed by atoms with Crippen LogP contribution in [0.2, 0.25) is 0 Å². The van der Waals surface area contributed by atoms with Gasteiger partial charge in [-0.1, -0.05) is 0 Å². The summed E-state index contributed by atoms with van der Waals surface area (Å²) in [6.07, 6.45) is 0.593. The van der Waals surface area contributed by atoms with Crippen molar-refractivity contribution >= 4 is 17.9 Å². The second kappa shape index (κ2) is 4.30. The summed E-state index contributed by atoms with van der Waals surface area (Å²) in [5, 5.41) is 2.66. The zero-order valence-electron chi connectivity index (χ0n) is 8.57. The number of hydrogen-bond acceptors (Lipinski definition) is 3. The van der Waals surface area contributed by atoms with Crippen molar-refractivity contribution in [3.8, 4) is 0 Å². The summed E-state index contributed by atoms with van der Waals surface area (Å²) < 4.78 is 13.6. The third-order valence-electron chi connectivity index (χ3n) is 2.49. The number of carbonyl (C=O) groups excluding carboxylic acids is 2. The van der Waals surface area contributed by atoms with E-state index < -0.39 is 5.82 Å². The fourth-order valence-electron chi connectivity index (χ4n) is 1.70. The second-order valence-electron chi connectivity index (χ2n) is 3.60. The Hall–Kier alpha value is -1.91. The first-order valence-electron chi connectivity index (χ1n) is 4.97. The van der Waals surface area contributed by atoms with E-state index in [4.69, 9.17) is 0 Å². The maximum atomic E-state index is 13.6. The van der Waals surface area contributed by atoms with Crippen LogP contribution < -0.4 is 10.2 Å². The highest BCUT2D eigenvalue weighted by atomic mass is 19.1. The van der Waals surface area contributed by atoms with Crippen LogP contribution in [-0.4, -0.2) is 31.8 Å². The molecular weight excluding hydrogens is 211 g/mol. The van der Waals surface area contributed by atoms with Crippen LogP contribution >= 0.6 is 0 Å². The molecule has 0 spiro atoms. The van der Waals surface area contributed by atoms with Crippen molar-refractivity contribution in [2.45, 2.75) is 0 Å². The highest BCUT2D eigenvalue weighted by molar-refractivity contribution is 5.83. The van der Waals surface area contributed by atoms with Gasteiger partial charge in [0, 0.05) is 18.7 Å². The van der Waals surface area contributed by atoms with Crippen LogP contribution in [0.25, 0.3) is 0 Å². The molecule has 0 bridgehead atoms. The molecule has 16 heavy (non-hydrogen) atoms. The van der Waals surface area contributed by atoms with Gasteiger partial charge < -0.3 is 10.2 Å². The fourth-order valence-corrected chi connectivity index (χ4v) is 1.70. The molecule has 1 amide bonds. The summed E-state index contributed by atoms with van der Waals surface area (Å²) in [6.45, 7) is 1.23. The molecule has 1 aliphatic rings. The molecule has 0 atom stereocenters. The molecule has 1 aromatic carbocycles. The molecule has 1 aromatic rings. The molecule has 1 aliphatic heterocycles. The Morgan fingerprint density at radius 2 is 2.25 bits per heavy atom. The Labute approximate surface area is 92.0 Å². The number of halogens is 1. The SMILES string of the molecule is O=Cc1ccc(N2CCNC(=O)C2)c(F)c1. The fraction of sp³-hybridized carbons (Fsp3) is 0.273. The Kier molecular flexibility index (Phi) is 2.85. The summed E-state index contributed by atoms with van der Waals surface area (Å²) >= 11 is 0. The normalized spacial score (nSPS) is 15.8. The Bertz CT molecular complexity index is 434. The monoisotopic (exact) mass is 222 g/mol. The van der Waals surface area contributed by atoms with E-state index in [-0.39, 0.29) is 12.5 Å². The van der Waals surface area contributed by atoms with E-state index in [0.29, 0.717) is 30.6 Å². The van der Waals surface area contributed by atoms with Crippen molar-refractivity contribution < 1.29 is 14.0 Å². The largest absolute Gasteiger partial charge is 0.358 e. The lowest BCUT2D eigenvalue weighted by molar-refractivity contribution is -0.120. The number of anilines is 1. The quantitative estimate of drug-likeness (QED) is 0.744. The number of nitrogens with one attached hydrogen (secondary N) is 1.